The Hall–Kier alpha value is -0.470. The minimum absolute atomic E-state index is 0.393. The van der Waals surface area contributed by atoms with Gasteiger partial charge in [0.2, 0.25) is 0 Å². The normalized spacial score (nSPS) is 27.7. The molecule has 1 nitrogen and oxygen atoms in total. The standard InChI is InChI=1S/C17H27NS/c1-12(2)15-7-8-16(18)17(10-15)19-11-14-6-4-5-13(3)9-14/h4-6,9,12,15-17H,7-8,10-11,18H2,1-3H3. The van der Waals surface area contributed by atoms with Crippen molar-refractivity contribution >= 4 is 11.8 Å². The molecular weight excluding hydrogens is 250 g/mol. The first kappa shape index (κ1) is 14.9. The SMILES string of the molecule is Cc1cccc(CSC2CC(C(C)C)CCC2N)c1. The van der Waals surface area contributed by atoms with Gasteiger partial charge in [-0.25, -0.2) is 0 Å². The Morgan fingerprint density at radius 2 is 2.11 bits per heavy atom. The minimum atomic E-state index is 0.393. The van der Waals surface area contributed by atoms with Crippen molar-refractivity contribution in [3.8, 4) is 0 Å². The van der Waals surface area contributed by atoms with Crippen LogP contribution in [0.4, 0.5) is 0 Å². The molecule has 1 aliphatic rings. The van der Waals surface area contributed by atoms with Crippen LogP contribution in [0.2, 0.25) is 0 Å². The average molecular weight is 277 g/mol. The van der Waals surface area contributed by atoms with Gasteiger partial charge in [0.25, 0.3) is 0 Å². The molecule has 106 valence electrons. The molecular formula is C17H27NS. The largest absolute Gasteiger partial charge is 0.327 e. The third-order valence-corrected chi connectivity index (χ3v) is 5.84. The maximum absolute atomic E-state index is 6.31. The molecule has 1 saturated carbocycles. The highest BCUT2D eigenvalue weighted by molar-refractivity contribution is 7.99. The van der Waals surface area contributed by atoms with E-state index in [1.165, 1.54) is 30.4 Å². The second kappa shape index (κ2) is 6.81. The first-order valence-corrected chi connectivity index (χ1v) is 8.54. The second-order valence-corrected chi connectivity index (χ2v) is 7.55. The van der Waals surface area contributed by atoms with Gasteiger partial charge in [0.1, 0.15) is 0 Å². The Morgan fingerprint density at radius 3 is 2.79 bits per heavy atom. The van der Waals surface area contributed by atoms with Crippen LogP contribution in [0.5, 0.6) is 0 Å². The fraction of sp³-hybridized carbons (Fsp3) is 0.647. The van der Waals surface area contributed by atoms with Crippen LogP contribution >= 0.6 is 11.8 Å². The molecule has 0 heterocycles. The molecule has 0 spiro atoms. The van der Waals surface area contributed by atoms with Gasteiger partial charge in [0.15, 0.2) is 0 Å². The van der Waals surface area contributed by atoms with Crippen LogP contribution in [0.3, 0.4) is 0 Å². The summed E-state index contributed by atoms with van der Waals surface area (Å²) >= 11 is 2.06. The monoisotopic (exact) mass is 277 g/mol. The van der Waals surface area contributed by atoms with Gasteiger partial charge in [-0.15, -0.1) is 0 Å². The van der Waals surface area contributed by atoms with Crippen molar-refractivity contribution in [3.63, 3.8) is 0 Å². The highest BCUT2D eigenvalue weighted by Crippen LogP contribution is 2.36. The zero-order valence-corrected chi connectivity index (χ0v) is 13.2. The molecule has 2 N–H and O–H groups in total. The fourth-order valence-electron chi connectivity index (χ4n) is 2.99. The van der Waals surface area contributed by atoms with Crippen molar-refractivity contribution < 1.29 is 0 Å². The number of thioether (sulfide) groups is 1. The predicted octanol–water partition coefficient (Wildman–Crippen LogP) is 4.38. The van der Waals surface area contributed by atoms with Crippen LogP contribution in [-0.2, 0) is 5.75 Å². The molecule has 1 aliphatic carbocycles. The summed E-state index contributed by atoms with van der Waals surface area (Å²) in [7, 11) is 0. The van der Waals surface area contributed by atoms with Gasteiger partial charge in [0.05, 0.1) is 0 Å². The Kier molecular flexibility index (Phi) is 5.35. The van der Waals surface area contributed by atoms with E-state index in [9.17, 15) is 0 Å². The lowest BCUT2D eigenvalue weighted by molar-refractivity contribution is 0.266. The molecule has 3 atom stereocenters. The van der Waals surface area contributed by atoms with Gasteiger partial charge in [-0.2, -0.15) is 11.8 Å². The smallest absolute Gasteiger partial charge is 0.0205 e. The Morgan fingerprint density at radius 1 is 1.32 bits per heavy atom. The molecule has 1 aromatic carbocycles. The van der Waals surface area contributed by atoms with Gasteiger partial charge in [-0.05, 0) is 43.6 Å². The fourth-order valence-corrected chi connectivity index (χ4v) is 4.34. The zero-order valence-electron chi connectivity index (χ0n) is 12.4. The van der Waals surface area contributed by atoms with Gasteiger partial charge in [0, 0.05) is 17.0 Å². The number of aryl methyl sites for hydroxylation is 1. The van der Waals surface area contributed by atoms with Crippen molar-refractivity contribution in [1.29, 1.82) is 0 Å². The summed E-state index contributed by atoms with van der Waals surface area (Å²) in [6, 6.07) is 9.23. The van der Waals surface area contributed by atoms with Crippen molar-refractivity contribution in [2.75, 3.05) is 0 Å². The molecule has 3 unspecified atom stereocenters. The molecule has 19 heavy (non-hydrogen) atoms. The molecule has 1 fully saturated rings. The number of rotatable bonds is 4. The van der Waals surface area contributed by atoms with E-state index < -0.39 is 0 Å². The lowest BCUT2D eigenvalue weighted by Gasteiger charge is -2.35. The third-order valence-electron chi connectivity index (χ3n) is 4.37. The molecule has 0 aromatic heterocycles. The third kappa shape index (κ3) is 4.25. The van der Waals surface area contributed by atoms with Crippen LogP contribution < -0.4 is 5.73 Å². The Bertz CT molecular complexity index is 402. The van der Waals surface area contributed by atoms with Crippen LogP contribution in [-0.4, -0.2) is 11.3 Å². The van der Waals surface area contributed by atoms with Gasteiger partial charge < -0.3 is 5.73 Å². The van der Waals surface area contributed by atoms with E-state index in [1.54, 1.807) is 0 Å². The topological polar surface area (TPSA) is 26.0 Å². The molecule has 2 rings (SSSR count). The van der Waals surface area contributed by atoms with Gasteiger partial charge in [-0.3, -0.25) is 0 Å². The highest BCUT2D eigenvalue weighted by atomic mass is 32.2. The number of hydrogen-bond acceptors (Lipinski definition) is 2. The lowest BCUT2D eigenvalue weighted by atomic mass is 9.79. The quantitative estimate of drug-likeness (QED) is 0.884. The maximum atomic E-state index is 6.31. The summed E-state index contributed by atoms with van der Waals surface area (Å²) in [5.74, 6) is 2.77. The van der Waals surface area contributed by atoms with E-state index in [1.807, 2.05) is 0 Å². The summed E-state index contributed by atoms with van der Waals surface area (Å²) in [6.07, 6.45) is 3.82. The highest BCUT2D eigenvalue weighted by Gasteiger charge is 2.29. The predicted molar refractivity (Wildman–Crippen MR) is 86.4 cm³/mol. The van der Waals surface area contributed by atoms with E-state index in [-0.39, 0.29) is 0 Å². The maximum Gasteiger partial charge on any atom is 0.0205 e. The first-order chi connectivity index (χ1) is 9.06. The molecule has 1 aromatic rings. The molecule has 0 amide bonds. The van der Waals surface area contributed by atoms with Crippen molar-refractivity contribution in [2.24, 2.45) is 17.6 Å². The minimum Gasteiger partial charge on any atom is -0.327 e. The molecule has 0 saturated heterocycles. The Balaban J connectivity index is 1.90. The van der Waals surface area contributed by atoms with E-state index in [0.717, 1.165) is 17.6 Å². The summed E-state index contributed by atoms with van der Waals surface area (Å²) < 4.78 is 0. The van der Waals surface area contributed by atoms with Crippen molar-refractivity contribution in [1.82, 2.24) is 0 Å². The second-order valence-electron chi connectivity index (χ2n) is 6.32. The molecule has 0 aliphatic heterocycles. The van der Waals surface area contributed by atoms with E-state index >= 15 is 0 Å². The molecule has 0 bridgehead atoms. The lowest BCUT2D eigenvalue weighted by Crippen LogP contribution is -2.39. The number of nitrogens with two attached hydrogens (primary N) is 1. The first-order valence-electron chi connectivity index (χ1n) is 7.49. The van der Waals surface area contributed by atoms with E-state index in [4.69, 9.17) is 5.73 Å². The molecule has 0 radical (unpaired) electrons. The average Bonchev–Trinajstić information content (AvgIpc) is 2.37. The van der Waals surface area contributed by atoms with E-state index in [2.05, 4.69) is 56.8 Å². The van der Waals surface area contributed by atoms with Crippen LogP contribution in [0.1, 0.15) is 44.2 Å². The number of hydrogen-bond donors (Lipinski definition) is 1. The summed E-state index contributed by atoms with van der Waals surface area (Å²) in [5.41, 5.74) is 9.10. The Labute approximate surface area is 122 Å². The van der Waals surface area contributed by atoms with Crippen LogP contribution in [0.15, 0.2) is 24.3 Å². The summed E-state index contributed by atoms with van der Waals surface area (Å²) in [5, 5.41) is 0.640. The van der Waals surface area contributed by atoms with Crippen molar-refractivity contribution in [3.05, 3.63) is 35.4 Å². The summed E-state index contributed by atoms with van der Waals surface area (Å²) in [4.78, 5) is 0. The van der Waals surface area contributed by atoms with Gasteiger partial charge in [-0.1, -0.05) is 43.7 Å². The van der Waals surface area contributed by atoms with E-state index in [0.29, 0.717) is 11.3 Å². The number of benzene rings is 1. The zero-order chi connectivity index (χ0) is 13.8. The van der Waals surface area contributed by atoms with Crippen LogP contribution in [0.25, 0.3) is 0 Å². The molecule has 2 heteroatoms. The van der Waals surface area contributed by atoms with Crippen molar-refractivity contribution in [2.45, 2.75) is 57.1 Å². The summed E-state index contributed by atoms with van der Waals surface area (Å²) in [6.45, 7) is 6.86. The van der Waals surface area contributed by atoms with Crippen LogP contribution in [0, 0.1) is 18.8 Å². The van der Waals surface area contributed by atoms with Gasteiger partial charge >= 0.3 is 0 Å².